The van der Waals surface area contributed by atoms with E-state index in [4.69, 9.17) is 4.74 Å². The Morgan fingerprint density at radius 3 is 2.33 bits per heavy atom. The van der Waals surface area contributed by atoms with Crippen molar-refractivity contribution >= 4 is 5.97 Å². The van der Waals surface area contributed by atoms with E-state index in [1.54, 1.807) is 0 Å². The fourth-order valence-electron chi connectivity index (χ4n) is 2.13. The average molecular weight is 247 g/mol. The Balaban J connectivity index is 2.15. The smallest absolute Gasteiger partial charge is 0.327 e. The summed E-state index contributed by atoms with van der Waals surface area (Å²) < 4.78 is 4.86. The van der Waals surface area contributed by atoms with Crippen molar-refractivity contribution in [2.24, 2.45) is 0 Å². The summed E-state index contributed by atoms with van der Waals surface area (Å²) in [7, 11) is 1.43. The fraction of sp³-hybridized carbons (Fsp3) is 0.533. The number of esters is 1. The molecular formula is C15H21NO2. The Bertz CT molecular complexity index is 407. The first kappa shape index (κ1) is 13.1. The maximum Gasteiger partial charge on any atom is 0.327 e. The van der Waals surface area contributed by atoms with Crippen molar-refractivity contribution in [2.45, 2.75) is 44.7 Å². The van der Waals surface area contributed by atoms with E-state index < -0.39 is 0 Å². The van der Waals surface area contributed by atoms with Gasteiger partial charge in [0, 0.05) is 6.04 Å². The zero-order valence-corrected chi connectivity index (χ0v) is 11.3. The summed E-state index contributed by atoms with van der Waals surface area (Å²) in [6.07, 6.45) is 2.59. The van der Waals surface area contributed by atoms with E-state index in [1.165, 1.54) is 25.5 Å². The number of carbonyl (C=O) groups is 1. The molecule has 1 aromatic carbocycles. The third-order valence-corrected chi connectivity index (χ3v) is 3.26. The van der Waals surface area contributed by atoms with Crippen LogP contribution in [-0.4, -0.2) is 19.1 Å². The van der Waals surface area contributed by atoms with Crippen molar-refractivity contribution in [3.63, 3.8) is 0 Å². The summed E-state index contributed by atoms with van der Waals surface area (Å²) in [5, 5.41) is 3.24. The quantitative estimate of drug-likeness (QED) is 0.813. The molecule has 1 unspecified atom stereocenters. The monoisotopic (exact) mass is 247 g/mol. The predicted octanol–water partition coefficient (Wildman–Crippen LogP) is 2.78. The molecule has 0 radical (unpaired) electrons. The van der Waals surface area contributed by atoms with Gasteiger partial charge in [-0.2, -0.15) is 0 Å². The second-order valence-electron chi connectivity index (χ2n) is 5.22. The molecule has 1 atom stereocenters. The van der Waals surface area contributed by atoms with E-state index in [0.717, 1.165) is 11.5 Å². The van der Waals surface area contributed by atoms with Gasteiger partial charge in [-0.05, 0) is 43.7 Å². The average Bonchev–Trinajstić information content (AvgIpc) is 3.19. The van der Waals surface area contributed by atoms with Crippen molar-refractivity contribution in [1.82, 2.24) is 5.32 Å². The van der Waals surface area contributed by atoms with Gasteiger partial charge in [-0.25, -0.2) is 4.79 Å². The largest absolute Gasteiger partial charge is 0.468 e. The normalized spacial score (nSPS) is 16.7. The molecule has 98 valence electrons. The second-order valence-corrected chi connectivity index (χ2v) is 5.22. The number of methoxy groups -OCH3 is 1. The van der Waals surface area contributed by atoms with Gasteiger partial charge in [0.1, 0.15) is 6.04 Å². The Hall–Kier alpha value is -1.35. The van der Waals surface area contributed by atoms with E-state index in [2.05, 4.69) is 17.4 Å². The summed E-state index contributed by atoms with van der Waals surface area (Å²) in [5.74, 6) is 0.511. The van der Waals surface area contributed by atoms with E-state index in [-0.39, 0.29) is 18.1 Å². The van der Waals surface area contributed by atoms with Crippen LogP contribution in [0.4, 0.5) is 0 Å². The molecule has 1 aromatic rings. The molecule has 0 saturated heterocycles. The van der Waals surface area contributed by atoms with Crippen molar-refractivity contribution in [1.29, 1.82) is 0 Å². The van der Waals surface area contributed by atoms with Crippen LogP contribution in [0.1, 0.15) is 49.8 Å². The Labute approximate surface area is 109 Å². The molecule has 0 heterocycles. The lowest BCUT2D eigenvalue weighted by molar-refractivity contribution is -0.143. The van der Waals surface area contributed by atoms with Gasteiger partial charge in [0.05, 0.1) is 7.11 Å². The molecule has 2 rings (SSSR count). The standard InChI is InChI=1S/C15H21NO2/c1-10(2)16-14(15(17)18-3)13-8-6-12(7-9-13)11-4-5-11/h6-11,14,16H,4-5H2,1-3H3. The molecule has 1 fully saturated rings. The summed E-state index contributed by atoms with van der Waals surface area (Å²) in [4.78, 5) is 11.8. The maximum absolute atomic E-state index is 11.8. The van der Waals surface area contributed by atoms with E-state index >= 15 is 0 Å². The zero-order valence-electron chi connectivity index (χ0n) is 11.3. The van der Waals surface area contributed by atoms with Crippen LogP contribution < -0.4 is 5.32 Å². The summed E-state index contributed by atoms with van der Waals surface area (Å²) in [6, 6.07) is 8.19. The first-order valence-electron chi connectivity index (χ1n) is 6.55. The molecule has 3 heteroatoms. The summed E-state index contributed by atoms with van der Waals surface area (Å²) in [5.41, 5.74) is 2.35. The Morgan fingerprint density at radius 1 is 1.28 bits per heavy atom. The minimum atomic E-state index is -0.372. The Morgan fingerprint density at radius 2 is 1.89 bits per heavy atom. The van der Waals surface area contributed by atoms with Gasteiger partial charge in [-0.15, -0.1) is 0 Å². The molecule has 0 aromatic heterocycles. The van der Waals surface area contributed by atoms with Crippen molar-refractivity contribution < 1.29 is 9.53 Å². The predicted molar refractivity (Wildman–Crippen MR) is 71.4 cm³/mol. The van der Waals surface area contributed by atoms with Gasteiger partial charge in [-0.1, -0.05) is 24.3 Å². The van der Waals surface area contributed by atoms with Crippen LogP contribution in [0.3, 0.4) is 0 Å². The highest BCUT2D eigenvalue weighted by Gasteiger charge is 2.25. The molecule has 18 heavy (non-hydrogen) atoms. The van der Waals surface area contributed by atoms with Gasteiger partial charge < -0.3 is 4.74 Å². The van der Waals surface area contributed by atoms with E-state index in [0.29, 0.717) is 0 Å². The second kappa shape index (κ2) is 5.53. The zero-order chi connectivity index (χ0) is 13.1. The van der Waals surface area contributed by atoms with Crippen molar-refractivity contribution in [3.8, 4) is 0 Å². The van der Waals surface area contributed by atoms with Crippen LogP contribution in [0, 0.1) is 0 Å². The molecule has 1 aliphatic rings. The van der Waals surface area contributed by atoms with Crippen LogP contribution in [0.15, 0.2) is 24.3 Å². The van der Waals surface area contributed by atoms with E-state index in [9.17, 15) is 4.79 Å². The topological polar surface area (TPSA) is 38.3 Å². The van der Waals surface area contributed by atoms with Gasteiger partial charge in [0.15, 0.2) is 0 Å². The highest BCUT2D eigenvalue weighted by Crippen LogP contribution is 2.40. The van der Waals surface area contributed by atoms with Gasteiger partial charge in [0.25, 0.3) is 0 Å². The van der Waals surface area contributed by atoms with Crippen molar-refractivity contribution in [3.05, 3.63) is 35.4 Å². The van der Waals surface area contributed by atoms with E-state index in [1.807, 2.05) is 26.0 Å². The minimum Gasteiger partial charge on any atom is -0.468 e. The molecule has 1 saturated carbocycles. The number of hydrogen-bond acceptors (Lipinski definition) is 3. The fourth-order valence-corrected chi connectivity index (χ4v) is 2.13. The number of ether oxygens (including phenoxy) is 1. The maximum atomic E-state index is 11.8. The van der Waals surface area contributed by atoms with Crippen molar-refractivity contribution in [2.75, 3.05) is 7.11 Å². The lowest BCUT2D eigenvalue weighted by atomic mass is 10.0. The molecule has 3 nitrogen and oxygen atoms in total. The third kappa shape index (κ3) is 3.10. The number of rotatable bonds is 5. The van der Waals surface area contributed by atoms with Crippen LogP contribution >= 0.6 is 0 Å². The lowest BCUT2D eigenvalue weighted by Crippen LogP contribution is -2.34. The summed E-state index contributed by atoms with van der Waals surface area (Å²) in [6.45, 7) is 4.04. The molecular weight excluding hydrogens is 226 g/mol. The number of carbonyl (C=O) groups excluding carboxylic acids is 1. The van der Waals surface area contributed by atoms with Gasteiger partial charge in [-0.3, -0.25) is 5.32 Å². The molecule has 0 bridgehead atoms. The van der Waals surface area contributed by atoms with Crippen LogP contribution in [0.2, 0.25) is 0 Å². The van der Waals surface area contributed by atoms with Gasteiger partial charge >= 0.3 is 5.97 Å². The van der Waals surface area contributed by atoms with Gasteiger partial charge in [0.2, 0.25) is 0 Å². The molecule has 0 spiro atoms. The lowest BCUT2D eigenvalue weighted by Gasteiger charge is -2.19. The highest BCUT2D eigenvalue weighted by molar-refractivity contribution is 5.77. The number of benzene rings is 1. The Kier molecular flexibility index (Phi) is 4.02. The number of nitrogens with one attached hydrogen (secondary N) is 1. The minimum absolute atomic E-state index is 0.233. The van der Waals surface area contributed by atoms with Crippen LogP contribution in [0.5, 0.6) is 0 Å². The molecule has 0 amide bonds. The summed E-state index contributed by atoms with van der Waals surface area (Å²) >= 11 is 0. The number of hydrogen-bond donors (Lipinski definition) is 1. The van der Waals surface area contributed by atoms with Crippen LogP contribution in [-0.2, 0) is 9.53 Å². The first-order valence-corrected chi connectivity index (χ1v) is 6.55. The molecule has 0 aliphatic heterocycles. The SMILES string of the molecule is COC(=O)C(NC(C)C)c1ccc(C2CC2)cc1. The molecule has 1 aliphatic carbocycles. The highest BCUT2D eigenvalue weighted by atomic mass is 16.5. The third-order valence-electron chi connectivity index (χ3n) is 3.26. The van der Waals surface area contributed by atoms with Crippen LogP contribution in [0.25, 0.3) is 0 Å². The molecule has 1 N–H and O–H groups in total. The first-order chi connectivity index (χ1) is 8.61.